The zero-order valence-corrected chi connectivity index (χ0v) is 36.1. The first-order valence-electron chi connectivity index (χ1n) is 19.0. The molecule has 4 nitrogen and oxygen atoms in total. The number of benzene rings is 1. The topological polar surface area (TPSA) is 51.6 Å². The highest BCUT2D eigenvalue weighted by molar-refractivity contribution is 7.28. The van der Waals surface area contributed by atoms with E-state index in [4.69, 9.17) is 19.9 Å². The van der Waals surface area contributed by atoms with Crippen LogP contribution in [0.3, 0.4) is 0 Å². The van der Waals surface area contributed by atoms with Crippen molar-refractivity contribution in [3.63, 3.8) is 0 Å². The summed E-state index contributed by atoms with van der Waals surface area (Å²) in [5, 5.41) is 8.30. The lowest BCUT2D eigenvalue weighted by Crippen LogP contribution is -1.98. The molecule has 274 valence electrons. The molecule has 6 heterocycles. The van der Waals surface area contributed by atoms with Gasteiger partial charge in [-0.15, -0.1) is 68.0 Å². The Labute approximate surface area is 333 Å². The molecule has 1 aromatic carbocycles. The summed E-state index contributed by atoms with van der Waals surface area (Å²) in [6.07, 6.45) is 16.6. The fraction of sp³-hybridized carbons (Fsp3) is 0.476. The number of aryl methyl sites for hydroxylation is 2. The number of rotatable bonds is 18. The molecule has 0 aliphatic heterocycles. The first kappa shape index (κ1) is 38.0. The summed E-state index contributed by atoms with van der Waals surface area (Å²) < 4.78 is 2.32. The van der Waals surface area contributed by atoms with Gasteiger partial charge in [-0.05, 0) is 73.6 Å². The molecular formula is C42H50N4S6. The summed E-state index contributed by atoms with van der Waals surface area (Å²) in [5.74, 6) is 3.10. The zero-order chi connectivity index (χ0) is 36.2. The van der Waals surface area contributed by atoms with Gasteiger partial charge in [0.2, 0.25) is 0 Å². The van der Waals surface area contributed by atoms with Gasteiger partial charge >= 0.3 is 0 Å². The first-order chi connectivity index (χ1) is 25.2. The van der Waals surface area contributed by atoms with Crippen LogP contribution in [0.5, 0.6) is 0 Å². The van der Waals surface area contributed by atoms with Crippen LogP contribution in [0.25, 0.3) is 61.3 Å². The second-order valence-corrected chi connectivity index (χ2v) is 21.4. The fourth-order valence-electron chi connectivity index (χ4n) is 6.90. The third-order valence-electron chi connectivity index (χ3n) is 9.94. The average Bonchev–Trinajstić information content (AvgIpc) is 3.96. The van der Waals surface area contributed by atoms with Gasteiger partial charge in [0.05, 0.1) is 41.3 Å². The molecule has 0 fully saturated rings. The molecule has 0 amide bonds. The van der Waals surface area contributed by atoms with E-state index in [1.165, 1.54) is 70.9 Å². The van der Waals surface area contributed by atoms with Crippen molar-refractivity contribution in [3.05, 3.63) is 57.2 Å². The maximum absolute atomic E-state index is 5.44. The van der Waals surface area contributed by atoms with Crippen molar-refractivity contribution in [2.24, 2.45) is 23.7 Å². The number of thiophene rings is 2. The van der Waals surface area contributed by atoms with Crippen LogP contribution in [0, 0.1) is 23.7 Å². The van der Waals surface area contributed by atoms with Crippen molar-refractivity contribution in [1.82, 2.24) is 19.9 Å². The Morgan fingerprint density at radius 1 is 0.500 bits per heavy atom. The molecule has 7 rings (SSSR count). The summed E-state index contributed by atoms with van der Waals surface area (Å²) in [6, 6.07) is 9.22. The quantitative estimate of drug-likeness (QED) is 0.0867. The smallest absolute Gasteiger partial charge is 0.134 e. The van der Waals surface area contributed by atoms with E-state index in [0.717, 1.165) is 88.1 Å². The lowest BCUT2D eigenvalue weighted by atomic mass is 9.96. The van der Waals surface area contributed by atoms with Crippen LogP contribution in [-0.2, 0) is 12.8 Å². The van der Waals surface area contributed by atoms with Crippen LogP contribution in [0.1, 0.15) is 103 Å². The average molecular weight is 803 g/mol. The Balaban J connectivity index is 1.21. The molecule has 0 aliphatic carbocycles. The van der Waals surface area contributed by atoms with Gasteiger partial charge in [0.1, 0.15) is 20.0 Å². The van der Waals surface area contributed by atoms with Gasteiger partial charge in [-0.25, -0.2) is 19.9 Å². The number of hydrogen-bond acceptors (Lipinski definition) is 10. The predicted octanol–water partition coefficient (Wildman–Crippen LogP) is 15.4. The molecule has 0 spiro atoms. The largest absolute Gasteiger partial charge is 0.244 e. The molecule has 0 bridgehead atoms. The van der Waals surface area contributed by atoms with Crippen molar-refractivity contribution < 1.29 is 0 Å². The van der Waals surface area contributed by atoms with Crippen LogP contribution in [0.2, 0.25) is 0 Å². The second-order valence-electron chi connectivity index (χ2n) is 15.3. The normalized spacial score (nSPS) is 13.4. The van der Waals surface area contributed by atoms with Crippen LogP contribution in [0.4, 0.5) is 0 Å². The highest BCUT2D eigenvalue weighted by Crippen LogP contribution is 2.51. The van der Waals surface area contributed by atoms with E-state index in [1.807, 2.05) is 35.1 Å². The fourth-order valence-corrected chi connectivity index (χ4v) is 12.8. The van der Waals surface area contributed by atoms with Gasteiger partial charge in [0, 0.05) is 32.9 Å². The second kappa shape index (κ2) is 17.4. The van der Waals surface area contributed by atoms with E-state index in [2.05, 4.69) is 76.6 Å². The predicted molar refractivity (Wildman–Crippen MR) is 234 cm³/mol. The molecule has 0 saturated heterocycles. The third-order valence-corrected chi connectivity index (χ3v) is 16.3. The highest BCUT2D eigenvalue weighted by Gasteiger charge is 2.27. The van der Waals surface area contributed by atoms with Crippen molar-refractivity contribution in [2.45, 2.75) is 106 Å². The number of aromatic nitrogens is 4. The minimum absolute atomic E-state index is 0.757. The van der Waals surface area contributed by atoms with E-state index in [0.29, 0.717) is 0 Å². The molecule has 2 unspecified atom stereocenters. The lowest BCUT2D eigenvalue weighted by Gasteiger charge is -2.11. The van der Waals surface area contributed by atoms with E-state index >= 15 is 0 Å². The molecule has 0 radical (unpaired) electrons. The number of nitrogens with zero attached hydrogens (tertiary/aromatic N) is 4. The van der Waals surface area contributed by atoms with Crippen LogP contribution in [-0.4, -0.2) is 19.9 Å². The number of fused-ring (bicyclic) bond motifs is 2. The molecule has 0 N–H and O–H groups in total. The number of hydrogen-bond donors (Lipinski definition) is 0. The maximum Gasteiger partial charge on any atom is 0.134 e. The van der Waals surface area contributed by atoms with Crippen LogP contribution >= 0.6 is 68.0 Å². The van der Waals surface area contributed by atoms with Gasteiger partial charge in [-0.1, -0.05) is 80.1 Å². The molecule has 52 heavy (non-hydrogen) atoms. The SMILES string of the molecule is CC(C)CCCC(C)CCc1ccc(-c2nc3c(-c4nccs4)c4sc(-c5ccc(CCC(C)CCCC(C)C)s5)nc4c(-c4nccs4)c3s2)s1. The van der Waals surface area contributed by atoms with Crippen molar-refractivity contribution in [3.8, 4) is 40.9 Å². The zero-order valence-electron chi connectivity index (χ0n) is 31.2. The molecule has 2 atom stereocenters. The Hall–Kier alpha value is -2.34. The summed E-state index contributed by atoms with van der Waals surface area (Å²) >= 11 is 10.8. The minimum Gasteiger partial charge on any atom is -0.244 e. The van der Waals surface area contributed by atoms with E-state index in [9.17, 15) is 0 Å². The summed E-state index contributed by atoms with van der Waals surface area (Å²) in [6.45, 7) is 14.2. The van der Waals surface area contributed by atoms with E-state index in [1.54, 1.807) is 45.3 Å². The Kier molecular flexibility index (Phi) is 12.7. The van der Waals surface area contributed by atoms with Crippen molar-refractivity contribution in [1.29, 1.82) is 0 Å². The molecule has 10 heteroatoms. The molecule has 7 aromatic rings. The van der Waals surface area contributed by atoms with Gasteiger partial charge in [-0.3, -0.25) is 0 Å². The molecular weight excluding hydrogens is 753 g/mol. The van der Waals surface area contributed by atoms with Gasteiger partial charge in [0.25, 0.3) is 0 Å². The van der Waals surface area contributed by atoms with Crippen LogP contribution in [0.15, 0.2) is 47.4 Å². The van der Waals surface area contributed by atoms with Crippen molar-refractivity contribution >= 4 is 88.5 Å². The molecule has 0 aliphatic rings. The summed E-state index contributed by atoms with van der Waals surface area (Å²) in [4.78, 5) is 26.0. The maximum atomic E-state index is 5.44. The Morgan fingerprint density at radius 2 is 0.942 bits per heavy atom. The highest BCUT2D eigenvalue weighted by atomic mass is 32.1. The van der Waals surface area contributed by atoms with E-state index in [-0.39, 0.29) is 0 Å². The standard InChI is InChI=1S/C42H50N4S6/c1-25(2)9-7-11-27(5)13-15-29-17-19-31(49-29)39-45-35-33(41-43-21-23-47-41)38-36(34(37(35)51-39)42-44-22-24-48-42)46-40(52-38)32-20-18-30(50-32)16-14-28(6)12-8-10-26(3)4/h17-28H,7-16H2,1-6H3. The van der Waals surface area contributed by atoms with E-state index < -0.39 is 0 Å². The van der Waals surface area contributed by atoms with Gasteiger partial charge in [-0.2, -0.15) is 0 Å². The monoisotopic (exact) mass is 802 g/mol. The van der Waals surface area contributed by atoms with Gasteiger partial charge in [0.15, 0.2) is 0 Å². The summed E-state index contributed by atoms with van der Waals surface area (Å²) in [7, 11) is 0. The van der Waals surface area contributed by atoms with Gasteiger partial charge < -0.3 is 0 Å². The summed E-state index contributed by atoms with van der Waals surface area (Å²) in [5.41, 5.74) is 4.28. The Morgan fingerprint density at radius 3 is 1.33 bits per heavy atom. The lowest BCUT2D eigenvalue weighted by molar-refractivity contribution is 0.437. The van der Waals surface area contributed by atoms with Crippen LogP contribution < -0.4 is 0 Å². The minimum atomic E-state index is 0.757. The molecule has 0 saturated carbocycles. The van der Waals surface area contributed by atoms with Crippen molar-refractivity contribution in [2.75, 3.05) is 0 Å². The first-order valence-corrected chi connectivity index (χ1v) is 24.0. The number of thiazole rings is 4. The molecule has 6 aromatic heterocycles. The third kappa shape index (κ3) is 8.95. The Bertz CT molecular complexity index is 1950.